The Kier molecular flexibility index (Phi) is 12.4. The molecule has 0 radical (unpaired) electrons. The Hall–Kier alpha value is -1.06. The monoisotopic (exact) mass is 368 g/mol. The SMILES string of the molecule is CCOC(=O)C1CCCC(C(=O)OCCCCCCCCCC(C)C)C1. The zero-order valence-electron chi connectivity index (χ0n) is 17.3. The molecule has 1 rings (SSSR count). The van der Waals surface area contributed by atoms with Gasteiger partial charge in [-0.25, -0.2) is 0 Å². The molecular formula is C22H40O4. The van der Waals surface area contributed by atoms with E-state index in [9.17, 15) is 9.59 Å². The average molecular weight is 369 g/mol. The van der Waals surface area contributed by atoms with E-state index >= 15 is 0 Å². The van der Waals surface area contributed by atoms with Gasteiger partial charge in [0.05, 0.1) is 25.0 Å². The lowest BCUT2D eigenvalue weighted by atomic mass is 9.81. The Morgan fingerprint density at radius 2 is 1.38 bits per heavy atom. The summed E-state index contributed by atoms with van der Waals surface area (Å²) in [7, 11) is 0. The van der Waals surface area contributed by atoms with E-state index in [1.807, 2.05) is 6.92 Å². The molecule has 2 atom stereocenters. The molecule has 0 saturated heterocycles. The smallest absolute Gasteiger partial charge is 0.308 e. The first-order chi connectivity index (χ1) is 12.5. The van der Waals surface area contributed by atoms with Crippen molar-refractivity contribution in [3.8, 4) is 0 Å². The quantitative estimate of drug-likeness (QED) is 0.310. The summed E-state index contributed by atoms with van der Waals surface area (Å²) >= 11 is 0. The summed E-state index contributed by atoms with van der Waals surface area (Å²) in [4.78, 5) is 24.1. The van der Waals surface area contributed by atoms with E-state index in [2.05, 4.69) is 13.8 Å². The zero-order valence-corrected chi connectivity index (χ0v) is 17.3. The summed E-state index contributed by atoms with van der Waals surface area (Å²) in [5.74, 6) is 0.295. The van der Waals surface area contributed by atoms with Crippen molar-refractivity contribution >= 4 is 11.9 Å². The second-order valence-corrected chi connectivity index (χ2v) is 8.14. The maximum absolute atomic E-state index is 12.2. The predicted molar refractivity (Wildman–Crippen MR) is 105 cm³/mol. The lowest BCUT2D eigenvalue weighted by Gasteiger charge is -2.26. The summed E-state index contributed by atoms with van der Waals surface area (Å²) in [6, 6.07) is 0. The fourth-order valence-corrected chi connectivity index (χ4v) is 3.71. The summed E-state index contributed by atoms with van der Waals surface area (Å²) in [5, 5.41) is 0. The van der Waals surface area contributed by atoms with Crippen LogP contribution in [0.3, 0.4) is 0 Å². The highest BCUT2D eigenvalue weighted by Gasteiger charge is 2.32. The van der Waals surface area contributed by atoms with E-state index in [4.69, 9.17) is 9.47 Å². The summed E-state index contributed by atoms with van der Waals surface area (Å²) in [6.45, 7) is 7.31. The molecule has 0 aliphatic heterocycles. The number of esters is 2. The topological polar surface area (TPSA) is 52.6 Å². The van der Waals surface area contributed by atoms with Gasteiger partial charge in [-0.15, -0.1) is 0 Å². The van der Waals surface area contributed by atoms with Crippen LogP contribution < -0.4 is 0 Å². The first-order valence-electron chi connectivity index (χ1n) is 10.9. The molecule has 0 N–H and O–H groups in total. The van der Waals surface area contributed by atoms with Crippen molar-refractivity contribution in [1.29, 1.82) is 0 Å². The number of ether oxygens (including phenoxy) is 2. The summed E-state index contributed by atoms with van der Waals surface area (Å²) in [5.41, 5.74) is 0. The maximum Gasteiger partial charge on any atom is 0.308 e. The summed E-state index contributed by atoms with van der Waals surface area (Å²) in [6.07, 6.45) is 13.1. The van der Waals surface area contributed by atoms with Crippen LogP contribution in [-0.2, 0) is 19.1 Å². The van der Waals surface area contributed by atoms with Gasteiger partial charge >= 0.3 is 11.9 Å². The molecule has 0 aromatic carbocycles. The minimum Gasteiger partial charge on any atom is -0.466 e. The normalized spacial score (nSPS) is 20.2. The molecule has 0 aromatic heterocycles. The van der Waals surface area contributed by atoms with Crippen molar-refractivity contribution in [2.75, 3.05) is 13.2 Å². The van der Waals surface area contributed by atoms with Gasteiger partial charge in [0.25, 0.3) is 0 Å². The van der Waals surface area contributed by atoms with Crippen molar-refractivity contribution in [3.05, 3.63) is 0 Å². The third-order valence-electron chi connectivity index (χ3n) is 5.30. The summed E-state index contributed by atoms with van der Waals surface area (Å²) < 4.78 is 10.5. The van der Waals surface area contributed by atoms with Crippen LogP contribution >= 0.6 is 0 Å². The Balaban J connectivity index is 2.03. The number of carbonyl (C=O) groups excluding carboxylic acids is 2. The van der Waals surface area contributed by atoms with E-state index in [-0.39, 0.29) is 23.8 Å². The maximum atomic E-state index is 12.2. The van der Waals surface area contributed by atoms with Crippen LogP contribution in [0.5, 0.6) is 0 Å². The van der Waals surface area contributed by atoms with Crippen molar-refractivity contribution in [2.24, 2.45) is 17.8 Å². The minimum absolute atomic E-state index is 0.118. The molecule has 4 heteroatoms. The van der Waals surface area contributed by atoms with Gasteiger partial charge in [0.2, 0.25) is 0 Å². The van der Waals surface area contributed by atoms with E-state index in [0.717, 1.165) is 38.0 Å². The molecule has 1 aliphatic rings. The Bertz CT molecular complexity index is 392. The third-order valence-corrected chi connectivity index (χ3v) is 5.30. The lowest BCUT2D eigenvalue weighted by molar-refractivity contribution is -0.154. The van der Waals surface area contributed by atoms with Gasteiger partial charge < -0.3 is 9.47 Å². The van der Waals surface area contributed by atoms with Gasteiger partial charge in [0, 0.05) is 0 Å². The van der Waals surface area contributed by atoms with Gasteiger partial charge in [-0.3, -0.25) is 9.59 Å². The molecule has 0 bridgehead atoms. The molecule has 4 nitrogen and oxygen atoms in total. The van der Waals surface area contributed by atoms with Crippen molar-refractivity contribution in [2.45, 2.75) is 97.8 Å². The van der Waals surface area contributed by atoms with E-state index in [0.29, 0.717) is 19.6 Å². The number of rotatable bonds is 13. The molecule has 1 saturated carbocycles. The van der Waals surface area contributed by atoms with Crippen LogP contribution in [0, 0.1) is 17.8 Å². The highest BCUT2D eigenvalue weighted by molar-refractivity contribution is 5.76. The van der Waals surface area contributed by atoms with Crippen molar-refractivity contribution in [1.82, 2.24) is 0 Å². The predicted octanol–water partition coefficient (Wildman–Crippen LogP) is 5.68. The first-order valence-corrected chi connectivity index (χ1v) is 10.9. The molecule has 0 spiro atoms. The van der Waals surface area contributed by atoms with Gasteiger partial charge in [0.1, 0.15) is 0 Å². The molecular weight excluding hydrogens is 328 g/mol. The third kappa shape index (κ3) is 10.2. The molecule has 1 aliphatic carbocycles. The number of hydrogen-bond donors (Lipinski definition) is 0. The fraction of sp³-hybridized carbons (Fsp3) is 0.909. The highest BCUT2D eigenvalue weighted by Crippen LogP contribution is 2.30. The lowest BCUT2D eigenvalue weighted by Crippen LogP contribution is -2.29. The molecule has 152 valence electrons. The average Bonchev–Trinajstić information content (AvgIpc) is 2.63. The minimum atomic E-state index is -0.154. The van der Waals surface area contributed by atoms with Crippen molar-refractivity contribution < 1.29 is 19.1 Å². The second kappa shape index (κ2) is 14.1. The van der Waals surface area contributed by atoms with Crippen LogP contribution in [0.2, 0.25) is 0 Å². The fourth-order valence-electron chi connectivity index (χ4n) is 3.71. The van der Waals surface area contributed by atoms with Crippen LogP contribution in [0.25, 0.3) is 0 Å². The van der Waals surface area contributed by atoms with E-state index < -0.39 is 0 Å². The number of hydrogen-bond acceptors (Lipinski definition) is 4. The first kappa shape index (κ1) is 23.0. The van der Waals surface area contributed by atoms with Gasteiger partial charge in [0.15, 0.2) is 0 Å². The van der Waals surface area contributed by atoms with Crippen molar-refractivity contribution in [3.63, 3.8) is 0 Å². The van der Waals surface area contributed by atoms with Gasteiger partial charge in [-0.05, 0) is 38.5 Å². The van der Waals surface area contributed by atoms with Crippen LogP contribution in [0.1, 0.15) is 97.8 Å². The van der Waals surface area contributed by atoms with Gasteiger partial charge in [-0.2, -0.15) is 0 Å². The zero-order chi connectivity index (χ0) is 19.2. The van der Waals surface area contributed by atoms with E-state index in [1.54, 1.807) is 0 Å². The van der Waals surface area contributed by atoms with E-state index in [1.165, 1.54) is 38.5 Å². The van der Waals surface area contributed by atoms with Crippen LogP contribution in [-0.4, -0.2) is 25.2 Å². The number of unbranched alkanes of at least 4 members (excludes halogenated alkanes) is 6. The molecule has 2 unspecified atom stereocenters. The standard InChI is InChI=1S/C22H40O4/c1-4-25-21(23)19-14-12-15-20(17-19)22(24)26-16-11-9-7-5-6-8-10-13-18(2)3/h18-20H,4-17H2,1-3H3. The Morgan fingerprint density at radius 3 is 1.96 bits per heavy atom. The Morgan fingerprint density at radius 1 is 0.846 bits per heavy atom. The Labute approximate surface area is 160 Å². The molecule has 1 fully saturated rings. The van der Waals surface area contributed by atoms with Crippen LogP contribution in [0.15, 0.2) is 0 Å². The second-order valence-electron chi connectivity index (χ2n) is 8.14. The van der Waals surface area contributed by atoms with Crippen LogP contribution in [0.4, 0.5) is 0 Å². The largest absolute Gasteiger partial charge is 0.466 e. The number of carbonyl (C=O) groups is 2. The highest BCUT2D eigenvalue weighted by atomic mass is 16.5. The molecule has 0 heterocycles. The molecule has 0 amide bonds. The molecule has 0 aromatic rings. The molecule has 26 heavy (non-hydrogen) atoms. The van der Waals surface area contributed by atoms with Gasteiger partial charge in [-0.1, -0.05) is 65.2 Å².